The fourth-order valence-corrected chi connectivity index (χ4v) is 5.80. The number of H-pyrrole nitrogens is 1. The fraction of sp³-hybridized carbons (Fsp3) is 0.400. The van der Waals surface area contributed by atoms with Crippen molar-refractivity contribution in [2.45, 2.75) is 71.9 Å². The molecule has 1 aliphatic rings. The Kier molecular flexibility index (Phi) is 6.76. The Morgan fingerprint density at radius 1 is 1.31 bits per heavy atom. The van der Waals surface area contributed by atoms with Crippen LogP contribution in [0.25, 0.3) is 17.0 Å². The number of benzene rings is 2. The zero-order valence-corrected chi connectivity index (χ0v) is 21.7. The molecule has 0 bridgehead atoms. The standard InChI is InChI=1S/C30H36N4O/c1-19(2)34-28-13-20(3)23(15-26(28)21(4)16-30(34,5)6)14-24(17-31)29(35)32-12-11-22-18-33-27-10-8-7-9-25(22)27/h7-10,13-15,18-19,21,33H,11-12,16H2,1-6H3,(H,32,35)/b24-14-/t21-/m0/s1. The van der Waals surface area contributed by atoms with Crippen molar-refractivity contribution in [1.29, 1.82) is 5.26 Å². The Morgan fingerprint density at radius 3 is 2.77 bits per heavy atom. The zero-order valence-electron chi connectivity index (χ0n) is 21.7. The number of aromatic amines is 1. The first kappa shape index (κ1) is 24.6. The number of aryl methyl sites for hydroxylation is 1. The van der Waals surface area contributed by atoms with Gasteiger partial charge in [0.1, 0.15) is 11.6 Å². The van der Waals surface area contributed by atoms with E-state index >= 15 is 0 Å². The summed E-state index contributed by atoms with van der Waals surface area (Å²) in [7, 11) is 0. The summed E-state index contributed by atoms with van der Waals surface area (Å²) >= 11 is 0. The van der Waals surface area contributed by atoms with Crippen molar-refractivity contribution in [2.24, 2.45) is 0 Å². The number of rotatable bonds is 6. The van der Waals surface area contributed by atoms with Crippen LogP contribution in [0.5, 0.6) is 0 Å². The van der Waals surface area contributed by atoms with Gasteiger partial charge in [0.15, 0.2) is 0 Å². The Morgan fingerprint density at radius 2 is 2.06 bits per heavy atom. The lowest BCUT2D eigenvalue weighted by molar-refractivity contribution is -0.117. The van der Waals surface area contributed by atoms with Gasteiger partial charge in [0.2, 0.25) is 0 Å². The number of nitrogens with zero attached hydrogens (tertiary/aromatic N) is 2. The second kappa shape index (κ2) is 9.62. The maximum Gasteiger partial charge on any atom is 0.261 e. The highest BCUT2D eigenvalue weighted by molar-refractivity contribution is 6.02. The summed E-state index contributed by atoms with van der Waals surface area (Å²) < 4.78 is 0. The highest BCUT2D eigenvalue weighted by atomic mass is 16.1. The van der Waals surface area contributed by atoms with Crippen molar-refractivity contribution in [1.82, 2.24) is 10.3 Å². The van der Waals surface area contributed by atoms with Crippen molar-refractivity contribution < 1.29 is 4.79 Å². The molecule has 0 saturated carbocycles. The largest absolute Gasteiger partial charge is 0.364 e. The van der Waals surface area contributed by atoms with E-state index in [9.17, 15) is 10.1 Å². The number of aromatic nitrogens is 1. The van der Waals surface area contributed by atoms with Crippen molar-refractivity contribution in [3.8, 4) is 6.07 Å². The second-order valence-corrected chi connectivity index (χ2v) is 10.7. The molecule has 5 heteroatoms. The molecule has 2 aromatic carbocycles. The van der Waals surface area contributed by atoms with Crippen LogP contribution in [-0.2, 0) is 11.2 Å². The third-order valence-corrected chi connectivity index (χ3v) is 7.20. The Bertz CT molecular complexity index is 1320. The molecule has 3 aromatic rings. The molecule has 1 amide bonds. The summed E-state index contributed by atoms with van der Waals surface area (Å²) in [4.78, 5) is 18.6. The molecule has 0 saturated heterocycles. The lowest BCUT2D eigenvalue weighted by Crippen LogP contribution is -2.51. The van der Waals surface area contributed by atoms with Gasteiger partial charge in [-0.1, -0.05) is 25.1 Å². The van der Waals surface area contributed by atoms with Gasteiger partial charge < -0.3 is 15.2 Å². The Balaban J connectivity index is 1.54. The first-order valence-electron chi connectivity index (χ1n) is 12.5. The molecule has 1 aliphatic heterocycles. The van der Waals surface area contributed by atoms with Gasteiger partial charge in [-0.15, -0.1) is 0 Å². The predicted octanol–water partition coefficient (Wildman–Crippen LogP) is 6.24. The molecule has 4 rings (SSSR count). The van der Waals surface area contributed by atoms with Gasteiger partial charge in [0.25, 0.3) is 5.91 Å². The average molecular weight is 469 g/mol. The summed E-state index contributed by atoms with van der Waals surface area (Å²) in [5.74, 6) is 0.0701. The van der Waals surface area contributed by atoms with Crippen LogP contribution in [0.2, 0.25) is 0 Å². The molecular formula is C30H36N4O. The number of hydrogen-bond acceptors (Lipinski definition) is 3. The molecule has 0 aliphatic carbocycles. The van der Waals surface area contributed by atoms with Crippen LogP contribution in [-0.4, -0.2) is 29.0 Å². The molecular weight excluding hydrogens is 432 g/mol. The normalized spacial score (nSPS) is 17.4. The van der Waals surface area contributed by atoms with Crippen LogP contribution in [0.4, 0.5) is 5.69 Å². The van der Waals surface area contributed by atoms with Gasteiger partial charge in [-0.25, -0.2) is 0 Å². The van der Waals surface area contributed by atoms with Crippen LogP contribution in [0, 0.1) is 18.3 Å². The van der Waals surface area contributed by atoms with Crippen LogP contribution in [0.15, 0.2) is 48.2 Å². The third kappa shape index (κ3) is 4.84. The van der Waals surface area contributed by atoms with Crippen molar-refractivity contribution >= 4 is 28.6 Å². The summed E-state index contributed by atoms with van der Waals surface area (Å²) in [6.07, 6.45) is 5.48. The number of fused-ring (bicyclic) bond motifs is 2. The molecule has 0 radical (unpaired) electrons. The number of nitrogens with one attached hydrogen (secondary N) is 2. The third-order valence-electron chi connectivity index (χ3n) is 7.20. The van der Waals surface area contributed by atoms with Crippen LogP contribution in [0.1, 0.15) is 69.2 Å². The van der Waals surface area contributed by atoms with Gasteiger partial charge in [-0.05, 0) is 99.9 Å². The topological polar surface area (TPSA) is 71.9 Å². The molecule has 2 N–H and O–H groups in total. The molecule has 0 spiro atoms. The van der Waals surface area contributed by atoms with Gasteiger partial charge in [0.05, 0.1) is 0 Å². The van der Waals surface area contributed by atoms with Crippen molar-refractivity contribution in [3.05, 3.63) is 70.4 Å². The summed E-state index contributed by atoms with van der Waals surface area (Å²) in [5.41, 5.74) is 7.00. The molecule has 35 heavy (non-hydrogen) atoms. The van der Waals surface area contributed by atoms with Crippen LogP contribution < -0.4 is 10.2 Å². The number of carbonyl (C=O) groups excluding carboxylic acids is 1. The highest BCUT2D eigenvalue weighted by Crippen LogP contribution is 2.45. The van der Waals surface area contributed by atoms with Gasteiger partial charge in [-0.3, -0.25) is 4.79 Å². The summed E-state index contributed by atoms with van der Waals surface area (Å²) in [5, 5.41) is 13.8. The van der Waals surface area contributed by atoms with E-state index in [4.69, 9.17) is 0 Å². The van der Waals surface area contributed by atoms with Gasteiger partial charge >= 0.3 is 0 Å². The zero-order chi connectivity index (χ0) is 25.3. The number of carbonyl (C=O) groups is 1. The second-order valence-electron chi connectivity index (χ2n) is 10.7. The minimum absolute atomic E-state index is 0.0763. The van der Waals surface area contributed by atoms with E-state index in [2.05, 4.69) is 81.0 Å². The van der Waals surface area contributed by atoms with E-state index in [-0.39, 0.29) is 17.0 Å². The van der Waals surface area contributed by atoms with E-state index in [1.54, 1.807) is 6.08 Å². The monoisotopic (exact) mass is 468 g/mol. The van der Waals surface area contributed by atoms with Crippen LogP contribution in [0.3, 0.4) is 0 Å². The smallest absolute Gasteiger partial charge is 0.261 e. The number of anilines is 1. The van der Waals surface area contributed by atoms with E-state index in [1.165, 1.54) is 11.3 Å². The highest BCUT2D eigenvalue weighted by Gasteiger charge is 2.37. The molecule has 2 heterocycles. The minimum Gasteiger partial charge on any atom is -0.364 e. The number of para-hydroxylation sites is 1. The Labute approximate surface area is 208 Å². The van der Waals surface area contributed by atoms with E-state index < -0.39 is 0 Å². The quantitative estimate of drug-likeness (QED) is 0.332. The van der Waals surface area contributed by atoms with E-state index in [0.29, 0.717) is 24.9 Å². The van der Waals surface area contributed by atoms with Gasteiger partial charge in [0, 0.05) is 40.9 Å². The predicted molar refractivity (Wildman–Crippen MR) is 145 cm³/mol. The van der Waals surface area contributed by atoms with E-state index in [1.807, 2.05) is 24.4 Å². The lowest BCUT2D eigenvalue weighted by atomic mass is 9.78. The summed E-state index contributed by atoms with van der Waals surface area (Å²) in [6.45, 7) is 13.9. The van der Waals surface area contributed by atoms with Gasteiger partial charge in [-0.2, -0.15) is 5.26 Å². The van der Waals surface area contributed by atoms with E-state index in [0.717, 1.165) is 34.0 Å². The first-order valence-corrected chi connectivity index (χ1v) is 12.5. The number of nitriles is 1. The molecule has 5 nitrogen and oxygen atoms in total. The Hall–Kier alpha value is -3.52. The first-order chi connectivity index (χ1) is 16.6. The van der Waals surface area contributed by atoms with Crippen molar-refractivity contribution in [2.75, 3.05) is 11.4 Å². The molecule has 0 fully saturated rings. The fourth-order valence-electron chi connectivity index (χ4n) is 5.80. The molecule has 1 atom stereocenters. The SMILES string of the molecule is Cc1cc2c(cc1/C=C(/C#N)C(=O)NCCc1c[nH]c3ccccc13)[C@@H](C)CC(C)(C)N2C(C)C. The average Bonchev–Trinajstić information content (AvgIpc) is 3.20. The number of hydrogen-bond donors (Lipinski definition) is 2. The molecule has 182 valence electrons. The maximum atomic E-state index is 12.8. The van der Waals surface area contributed by atoms with Crippen LogP contribution >= 0.6 is 0 Å². The maximum absolute atomic E-state index is 12.8. The van der Waals surface area contributed by atoms with Crippen molar-refractivity contribution in [3.63, 3.8) is 0 Å². The molecule has 1 aromatic heterocycles. The molecule has 0 unspecified atom stereocenters. The number of amides is 1. The minimum atomic E-state index is -0.331. The lowest BCUT2D eigenvalue weighted by Gasteiger charge is -2.50. The summed E-state index contributed by atoms with van der Waals surface area (Å²) in [6, 6.07) is 15.0.